The number of carbonyl (C=O) groups is 1. The molecule has 2 aliphatic rings. The molecule has 4 rings (SSSR count). The molecule has 2 heterocycles. The zero-order valence-electron chi connectivity index (χ0n) is 15.0. The zero-order chi connectivity index (χ0) is 19.0. The molecule has 0 spiro atoms. The Labute approximate surface area is 157 Å². The molecule has 1 saturated carbocycles. The molecular formula is C17H21N5O4S. The van der Waals surface area contributed by atoms with E-state index in [4.69, 9.17) is 4.74 Å². The van der Waals surface area contributed by atoms with Gasteiger partial charge in [0.05, 0.1) is 18.6 Å². The van der Waals surface area contributed by atoms with Gasteiger partial charge in [-0.15, -0.1) is 10.2 Å². The Morgan fingerprint density at radius 2 is 2.11 bits per heavy atom. The van der Waals surface area contributed by atoms with Crippen molar-refractivity contribution < 1.29 is 17.9 Å². The van der Waals surface area contributed by atoms with Gasteiger partial charge in [-0.3, -0.25) is 4.79 Å². The van der Waals surface area contributed by atoms with Gasteiger partial charge in [0, 0.05) is 17.6 Å². The van der Waals surface area contributed by atoms with Gasteiger partial charge in [0.15, 0.2) is 9.84 Å². The van der Waals surface area contributed by atoms with E-state index in [1.165, 1.54) is 4.80 Å². The fourth-order valence-electron chi connectivity index (χ4n) is 3.44. The highest BCUT2D eigenvalue weighted by molar-refractivity contribution is 7.91. The van der Waals surface area contributed by atoms with E-state index in [9.17, 15) is 13.2 Å². The number of ether oxygens (including phenoxy) is 1. The van der Waals surface area contributed by atoms with Gasteiger partial charge >= 0.3 is 0 Å². The van der Waals surface area contributed by atoms with E-state index in [1.54, 1.807) is 18.1 Å². The summed E-state index contributed by atoms with van der Waals surface area (Å²) >= 11 is 0. The molecule has 0 radical (unpaired) electrons. The number of hydrogen-bond donors (Lipinski definition) is 0. The van der Waals surface area contributed by atoms with Gasteiger partial charge in [-0.1, -0.05) is 12.1 Å². The Kier molecular flexibility index (Phi) is 4.58. The first-order chi connectivity index (χ1) is 12.9. The first-order valence-electron chi connectivity index (χ1n) is 8.89. The summed E-state index contributed by atoms with van der Waals surface area (Å²) in [6.07, 6.45) is 2.34. The average Bonchev–Trinajstić information content (AvgIpc) is 3.25. The quantitative estimate of drug-likeness (QED) is 0.707. The van der Waals surface area contributed by atoms with Gasteiger partial charge < -0.3 is 9.64 Å². The summed E-state index contributed by atoms with van der Waals surface area (Å²) in [7, 11) is -1.47. The summed E-state index contributed by atoms with van der Waals surface area (Å²) in [5, 5.41) is 12.3. The topological polar surface area (TPSA) is 107 Å². The molecule has 1 atom stereocenters. The van der Waals surface area contributed by atoms with Crippen LogP contribution in [-0.4, -0.2) is 70.1 Å². The van der Waals surface area contributed by atoms with Gasteiger partial charge in [-0.05, 0) is 36.6 Å². The predicted molar refractivity (Wildman–Crippen MR) is 96.7 cm³/mol. The van der Waals surface area contributed by atoms with E-state index < -0.39 is 9.84 Å². The van der Waals surface area contributed by atoms with Crippen molar-refractivity contribution in [1.29, 1.82) is 0 Å². The van der Waals surface area contributed by atoms with E-state index in [0.29, 0.717) is 18.0 Å². The minimum Gasteiger partial charge on any atom is -0.497 e. The van der Waals surface area contributed by atoms with Crippen LogP contribution in [0.1, 0.15) is 19.3 Å². The van der Waals surface area contributed by atoms with Crippen molar-refractivity contribution in [2.45, 2.75) is 37.9 Å². The molecule has 2 aromatic rings. The molecule has 10 heteroatoms. The number of aromatic nitrogens is 4. The predicted octanol–water partition coefficient (Wildman–Crippen LogP) is 0.527. The summed E-state index contributed by atoms with van der Waals surface area (Å²) in [6.45, 7) is -0.0516. The number of tetrazole rings is 1. The molecule has 0 N–H and O–H groups in total. The molecule has 1 saturated heterocycles. The summed E-state index contributed by atoms with van der Waals surface area (Å²) < 4.78 is 28.8. The minimum absolute atomic E-state index is 0.0507. The third-order valence-corrected chi connectivity index (χ3v) is 6.64. The number of rotatable bonds is 6. The molecule has 27 heavy (non-hydrogen) atoms. The van der Waals surface area contributed by atoms with Gasteiger partial charge in [0.25, 0.3) is 0 Å². The van der Waals surface area contributed by atoms with Crippen LogP contribution in [0.15, 0.2) is 24.3 Å². The molecule has 2 fully saturated rings. The van der Waals surface area contributed by atoms with E-state index in [2.05, 4.69) is 15.4 Å². The van der Waals surface area contributed by atoms with Gasteiger partial charge in [0.1, 0.15) is 12.3 Å². The van der Waals surface area contributed by atoms with Crippen molar-refractivity contribution in [3.8, 4) is 17.1 Å². The Balaban J connectivity index is 1.48. The molecule has 144 valence electrons. The molecule has 1 aromatic carbocycles. The van der Waals surface area contributed by atoms with Crippen molar-refractivity contribution in [2.75, 3.05) is 18.6 Å². The number of amides is 1. The third kappa shape index (κ3) is 3.95. The lowest BCUT2D eigenvalue weighted by Gasteiger charge is -2.28. The lowest BCUT2D eigenvalue weighted by molar-refractivity contribution is -0.134. The second-order valence-electron chi connectivity index (χ2n) is 6.96. The average molecular weight is 391 g/mol. The van der Waals surface area contributed by atoms with Crippen molar-refractivity contribution >= 4 is 15.7 Å². The second kappa shape index (κ2) is 6.91. The van der Waals surface area contributed by atoms with Crippen molar-refractivity contribution in [3.05, 3.63) is 24.3 Å². The van der Waals surface area contributed by atoms with E-state index in [0.717, 1.165) is 18.4 Å². The highest BCUT2D eigenvalue weighted by Crippen LogP contribution is 2.32. The molecule has 1 amide bonds. The number of nitrogens with zero attached hydrogens (tertiary/aromatic N) is 5. The van der Waals surface area contributed by atoms with E-state index >= 15 is 0 Å². The SMILES string of the molecule is COc1cccc(-c2nnn(CC(=O)N(C3CC3)[C@@H]3CCS(=O)(=O)C3)n2)c1. The normalized spacial score (nSPS) is 21.1. The summed E-state index contributed by atoms with van der Waals surface area (Å²) in [6, 6.07) is 7.18. The van der Waals surface area contributed by atoms with Crippen LogP contribution in [0.4, 0.5) is 0 Å². The van der Waals surface area contributed by atoms with Gasteiger partial charge in [-0.2, -0.15) is 4.80 Å². The Bertz CT molecular complexity index is 954. The molecule has 9 nitrogen and oxygen atoms in total. The molecule has 1 aliphatic heterocycles. The first kappa shape index (κ1) is 17.9. The van der Waals surface area contributed by atoms with Crippen LogP contribution in [0.25, 0.3) is 11.4 Å². The smallest absolute Gasteiger partial charge is 0.246 e. The van der Waals surface area contributed by atoms with Crippen LogP contribution in [0.5, 0.6) is 5.75 Å². The molecular weight excluding hydrogens is 370 g/mol. The second-order valence-corrected chi connectivity index (χ2v) is 9.19. The number of benzene rings is 1. The van der Waals surface area contributed by atoms with E-state index in [-0.39, 0.29) is 36.0 Å². The molecule has 1 aromatic heterocycles. The van der Waals surface area contributed by atoms with Crippen molar-refractivity contribution in [3.63, 3.8) is 0 Å². The maximum absolute atomic E-state index is 12.8. The number of methoxy groups -OCH3 is 1. The maximum atomic E-state index is 12.8. The van der Waals surface area contributed by atoms with E-state index in [1.807, 2.05) is 18.2 Å². The fourth-order valence-corrected chi connectivity index (χ4v) is 5.15. The van der Waals surface area contributed by atoms with Crippen LogP contribution < -0.4 is 4.74 Å². The third-order valence-electron chi connectivity index (χ3n) is 4.89. The summed E-state index contributed by atoms with van der Waals surface area (Å²) in [5.74, 6) is 1.13. The molecule has 0 unspecified atom stereocenters. The fraction of sp³-hybridized carbons (Fsp3) is 0.529. The van der Waals surface area contributed by atoms with Crippen LogP contribution in [0.3, 0.4) is 0 Å². The number of sulfone groups is 1. The summed E-state index contributed by atoms with van der Waals surface area (Å²) in [4.78, 5) is 15.8. The number of hydrogen-bond acceptors (Lipinski definition) is 7. The number of carbonyl (C=O) groups excluding carboxylic acids is 1. The molecule has 0 bridgehead atoms. The van der Waals surface area contributed by atoms with Crippen LogP contribution in [0.2, 0.25) is 0 Å². The lowest BCUT2D eigenvalue weighted by Crippen LogP contribution is -2.44. The zero-order valence-corrected chi connectivity index (χ0v) is 15.8. The van der Waals surface area contributed by atoms with Crippen molar-refractivity contribution in [1.82, 2.24) is 25.1 Å². The first-order valence-corrected chi connectivity index (χ1v) is 10.7. The van der Waals surface area contributed by atoms with Crippen LogP contribution in [-0.2, 0) is 21.2 Å². The Morgan fingerprint density at radius 3 is 2.78 bits per heavy atom. The highest BCUT2D eigenvalue weighted by atomic mass is 32.2. The monoisotopic (exact) mass is 391 g/mol. The summed E-state index contributed by atoms with van der Waals surface area (Å²) in [5.41, 5.74) is 0.744. The maximum Gasteiger partial charge on any atom is 0.246 e. The standard InChI is InChI=1S/C17H21N5O4S/c1-26-15-4-2-3-12(9-15)17-18-20-21(19-17)10-16(23)22(13-5-6-13)14-7-8-27(24,25)11-14/h2-4,9,13-14H,5-8,10-11H2,1H3/t14-/m1/s1. The Morgan fingerprint density at radius 1 is 1.30 bits per heavy atom. The lowest BCUT2D eigenvalue weighted by atomic mass is 10.2. The van der Waals surface area contributed by atoms with Crippen molar-refractivity contribution in [2.24, 2.45) is 0 Å². The van der Waals surface area contributed by atoms with Gasteiger partial charge in [-0.25, -0.2) is 8.42 Å². The van der Waals surface area contributed by atoms with Crippen LogP contribution >= 0.6 is 0 Å². The largest absolute Gasteiger partial charge is 0.497 e. The van der Waals surface area contributed by atoms with Gasteiger partial charge in [0.2, 0.25) is 11.7 Å². The molecule has 1 aliphatic carbocycles. The van der Waals surface area contributed by atoms with Crippen LogP contribution in [0, 0.1) is 0 Å². The Hall–Kier alpha value is -2.49. The highest BCUT2D eigenvalue weighted by Gasteiger charge is 2.42. The minimum atomic E-state index is -3.05.